The van der Waals surface area contributed by atoms with Gasteiger partial charge in [-0.3, -0.25) is 19.1 Å². The van der Waals surface area contributed by atoms with Crippen molar-refractivity contribution in [2.24, 2.45) is 7.05 Å². The minimum absolute atomic E-state index is 0.0289. The number of nitrogens with zero attached hydrogens (tertiary/aromatic N) is 4. The molecule has 2 unspecified atom stereocenters. The van der Waals surface area contributed by atoms with Crippen LogP contribution < -0.4 is 10.3 Å². The van der Waals surface area contributed by atoms with Crippen LogP contribution in [0.3, 0.4) is 0 Å². The van der Waals surface area contributed by atoms with Crippen LogP contribution in [0.5, 0.6) is 5.75 Å². The number of aromatic nitrogens is 2. The fourth-order valence-corrected chi connectivity index (χ4v) is 4.50. The molecule has 3 aromatic rings. The Morgan fingerprint density at radius 1 is 1.16 bits per heavy atom. The van der Waals surface area contributed by atoms with Crippen molar-refractivity contribution in [3.05, 3.63) is 70.3 Å². The number of benzene rings is 2. The first kappa shape index (κ1) is 22.0. The summed E-state index contributed by atoms with van der Waals surface area (Å²) in [6.07, 6.45) is 0.380. The number of piperazine rings is 1. The third-order valence-electron chi connectivity index (χ3n) is 6.43. The Kier molecular flexibility index (Phi) is 6.28. The van der Waals surface area contributed by atoms with Gasteiger partial charge in [0.1, 0.15) is 11.6 Å². The Morgan fingerprint density at radius 2 is 1.88 bits per heavy atom. The number of ether oxygens (including phenoxy) is 1. The summed E-state index contributed by atoms with van der Waals surface area (Å²) >= 11 is 0. The number of amides is 1. The van der Waals surface area contributed by atoms with Crippen LogP contribution in [0, 0.1) is 0 Å². The summed E-state index contributed by atoms with van der Waals surface area (Å²) in [5, 5.41) is 0.633. The van der Waals surface area contributed by atoms with E-state index in [0.717, 1.165) is 35.7 Å². The van der Waals surface area contributed by atoms with Crippen molar-refractivity contribution in [3.63, 3.8) is 0 Å². The maximum atomic E-state index is 12.9. The molecule has 32 heavy (non-hydrogen) atoms. The summed E-state index contributed by atoms with van der Waals surface area (Å²) in [6.45, 7) is 6.29. The maximum absolute atomic E-state index is 12.9. The topological polar surface area (TPSA) is 67.7 Å². The summed E-state index contributed by atoms with van der Waals surface area (Å²) in [5.74, 6) is 1.67. The molecule has 0 bridgehead atoms. The van der Waals surface area contributed by atoms with Crippen molar-refractivity contribution in [3.8, 4) is 5.75 Å². The lowest BCUT2D eigenvalue weighted by molar-refractivity contribution is -0.135. The van der Waals surface area contributed by atoms with Gasteiger partial charge in [0.15, 0.2) is 0 Å². The number of hydrogen-bond donors (Lipinski definition) is 0. The standard InChI is InChI=1S/C25H30N4O3/c1-17-16-28(13-14-29(17)23(30)15-19-9-11-20(32-4)12-10-19)18(2)24-26-22-8-6-5-7-21(22)25(31)27(24)3/h5-12,17-18H,13-16H2,1-4H3. The molecule has 2 atom stereocenters. The zero-order chi connectivity index (χ0) is 22.8. The fraction of sp³-hybridized carbons (Fsp3) is 0.400. The highest BCUT2D eigenvalue weighted by molar-refractivity contribution is 5.79. The van der Waals surface area contributed by atoms with Crippen LogP contribution in [-0.2, 0) is 18.3 Å². The molecule has 2 aromatic carbocycles. The molecule has 0 N–H and O–H groups in total. The van der Waals surface area contributed by atoms with Crippen molar-refractivity contribution in [2.45, 2.75) is 32.4 Å². The predicted molar refractivity (Wildman–Crippen MR) is 125 cm³/mol. The normalized spacial score (nSPS) is 18.0. The largest absolute Gasteiger partial charge is 0.497 e. The molecule has 4 rings (SSSR count). The van der Waals surface area contributed by atoms with E-state index in [1.807, 2.05) is 53.4 Å². The van der Waals surface area contributed by atoms with Gasteiger partial charge in [-0.1, -0.05) is 24.3 Å². The van der Waals surface area contributed by atoms with Crippen LogP contribution in [0.1, 0.15) is 31.3 Å². The van der Waals surface area contributed by atoms with E-state index in [2.05, 4.69) is 18.7 Å². The van der Waals surface area contributed by atoms with Crippen molar-refractivity contribution >= 4 is 16.8 Å². The van der Waals surface area contributed by atoms with Crippen molar-refractivity contribution < 1.29 is 9.53 Å². The number of para-hydroxylation sites is 1. The van der Waals surface area contributed by atoms with E-state index in [-0.39, 0.29) is 23.6 Å². The van der Waals surface area contributed by atoms with Gasteiger partial charge in [-0.25, -0.2) is 4.98 Å². The molecule has 7 heteroatoms. The molecule has 168 valence electrons. The monoisotopic (exact) mass is 434 g/mol. The molecule has 1 aliphatic rings. The van der Waals surface area contributed by atoms with Crippen LogP contribution in [0.2, 0.25) is 0 Å². The molecule has 1 aromatic heterocycles. The summed E-state index contributed by atoms with van der Waals surface area (Å²) in [5.41, 5.74) is 1.67. The molecular weight excluding hydrogens is 404 g/mol. The molecule has 1 fully saturated rings. The second-order valence-corrected chi connectivity index (χ2v) is 8.48. The molecule has 0 saturated carbocycles. The number of carbonyl (C=O) groups excluding carboxylic acids is 1. The van der Waals surface area contributed by atoms with E-state index in [0.29, 0.717) is 18.4 Å². The third kappa shape index (κ3) is 4.25. The lowest BCUT2D eigenvalue weighted by Gasteiger charge is -2.42. The Bertz CT molecular complexity index is 1170. The van der Waals surface area contributed by atoms with Gasteiger partial charge in [0.05, 0.1) is 30.5 Å². The molecule has 1 saturated heterocycles. The third-order valence-corrected chi connectivity index (χ3v) is 6.43. The van der Waals surface area contributed by atoms with Gasteiger partial charge in [-0.2, -0.15) is 0 Å². The summed E-state index contributed by atoms with van der Waals surface area (Å²) in [4.78, 5) is 34.8. The molecule has 0 spiro atoms. The van der Waals surface area contributed by atoms with E-state index >= 15 is 0 Å². The number of rotatable bonds is 5. The van der Waals surface area contributed by atoms with E-state index in [1.165, 1.54) is 0 Å². The number of carbonyl (C=O) groups is 1. The van der Waals surface area contributed by atoms with Gasteiger partial charge in [0.25, 0.3) is 5.56 Å². The van der Waals surface area contributed by atoms with Gasteiger partial charge in [-0.15, -0.1) is 0 Å². The minimum atomic E-state index is -0.0291. The highest BCUT2D eigenvalue weighted by atomic mass is 16.5. The Morgan fingerprint density at radius 3 is 2.56 bits per heavy atom. The fourth-order valence-electron chi connectivity index (χ4n) is 4.50. The van der Waals surface area contributed by atoms with E-state index in [4.69, 9.17) is 9.72 Å². The highest BCUT2D eigenvalue weighted by Gasteiger charge is 2.31. The molecule has 0 radical (unpaired) electrons. The lowest BCUT2D eigenvalue weighted by Crippen LogP contribution is -2.55. The molecule has 2 heterocycles. The zero-order valence-corrected chi connectivity index (χ0v) is 19.1. The first-order valence-electron chi connectivity index (χ1n) is 11.0. The Balaban J connectivity index is 1.46. The molecule has 0 aliphatic carbocycles. The van der Waals surface area contributed by atoms with Crippen molar-refractivity contribution in [2.75, 3.05) is 26.7 Å². The first-order chi connectivity index (χ1) is 15.4. The molecular formula is C25H30N4O3. The van der Waals surface area contributed by atoms with E-state index in [9.17, 15) is 9.59 Å². The van der Waals surface area contributed by atoms with Crippen LogP contribution in [-0.4, -0.2) is 58.0 Å². The Hall–Kier alpha value is -3.19. The van der Waals surface area contributed by atoms with Gasteiger partial charge >= 0.3 is 0 Å². The smallest absolute Gasteiger partial charge is 0.261 e. The average Bonchev–Trinajstić information content (AvgIpc) is 2.81. The van der Waals surface area contributed by atoms with E-state index in [1.54, 1.807) is 18.7 Å². The van der Waals surface area contributed by atoms with Gasteiger partial charge in [0, 0.05) is 32.7 Å². The predicted octanol–water partition coefficient (Wildman–Crippen LogP) is 2.78. The van der Waals surface area contributed by atoms with Crippen molar-refractivity contribution in [1.82, 2.24) is 19.4 Å². The van der Waals surface area contributed by atoms with Crippen LogP contribution in [0.4, 0.5) is 0 Å². The zero-order valence-electron chi connectivity index (χ0n) is 19.1. The van der Waals surface area contributed by atoms with Crippen LogP contribution in [0.15, 0.2) is 53.3 Å². The Labute approximate surface area is 188 Å². The second-order valence-electron chi connectivity index (χ2n) is 8.48. The average molecular weight is 435 g/mol. The van der Waals surface area contributed by atoms with Gasteiger partial charge < -0.3 is 9.64 Å². The quantitative estimate of drug-likeness (QED) is 0.618. The summed E-state index contributed by atoms with van der Waals surface area (Å²) in [6, 6.07) is 15.1. The minimum Gasteiger partial charge on any atom is -0.497 e. The van der Waals surface area contributed by atoms with Crippen LogP contribution >= 0.6 is 0 Å². The second kappa shape index (κ2) is 9.12. The lowest BCUT2D eigenvalue weighted by atomic mass is 10.1. The summed E-state index contributed by atoms with van der Waals surface area (Å²) in [7, 11) is 3.42. The van der Waals surface area contributed by atoms with Crippen molar-refractivity contribution in [1.29, 1.82) is 0 Å². The maximum Gasteiger partial charge on any atom is 0.261 e. The van der Waals surface area contributed by atoms with E-state index < -0.39 is 0 Å². The van der Waals surface area contributed by atoms with Gasteiger partial charge in [0.2, 0.25) is 5.91 Å². The number of fused-ring (bicyclic) bond motifs is 1. The van der Waals surface area contributed by atoms with Crippen LogP contribution in [0.25, 0.3) is 10.9 Å². The van der Waals surface area contributed by atoms with Gasteiger partial charge in [-0.05, 0) is 43.7 Å². The SMILES string of the molecule is COc1ccc(CC(=O)N2CCN(C(C)c3nc4ccccc4c(=O)n3C)CC2C)cc1. The first-order valence-corrected chi connectivity index (χ1v) is 11.0. The number of hydrogen-bond acceptors (Lipinski definition) is 5. The number of methoxy groups -OCH3 is 1. The molecule has 1 amide bonds. The molecule has 1 aliphatic heterocycles. The highest BCUT2D eigenvalue weighted by Crippen LogP contribution is 2.23. The summed E-state index contributed by atoms with van der Waals surface area (Å²) < 4.78 is 6.84. The molecule has 7 nitrogen and oxygen atoms in total.